The Bertz CT molecular complexity index is 827. The normalized spacial score (nSPS) is 30.9. The van der Waals surface area contributed by atoms with Crippen molar-refractivity contribution in [3.8, 4) is 0 Å². The Balaban J connectivity index is 1.20. The van der Waals surface area contributed by atoms with Gasteiger partial charge in [0.15, 0.2) is 0 Å². The smallest absolute Gasteiger partial charge is 0.0737 e. The van der Waals surface area contributed by atoms with E-state index in [1.165, 1.54) is 55.2 Å². The molecule has 0 aliphatic heterocycles. The molecule has 6 rings (SSSR count). The van der Waals surface area contributed by atoms with E-state index in [9.17, 15) is 0 Å². The molecule has 0 atom stereocenters. The van der Waals surface area contributed by atoms with Crippen LogP contribution in [-0.4, -0.2) is 23.6 Å². The van der Waals surface area contributed by atoms with Gasteiger partial charge in [-0.05, 0) is 99.4 Å². The Labute approximate surface area is 173 Å². The molecule has 1 aromatic carbocycles. The van der Waals surface area contributed by atoms with Gasteiger partial charge in [-0.3, -0.25) is 4.98 Å². The maximum Gasteiger partial charge on any atom is 0.0737 e. The van der Waals surface area contributed by atoms with Crippen LogP contribution in [0.15, 0.2) is 24.4 Å². The fourth-order valence-electron chi connectivity index (χ4n) is 6.67. The second-order valence-corrected chi connectivity index (χ2v) is 10.0. The van der Waals surface area contributed by atoms with E-state index in [0.717, 1.165) is 54.2 Å². The minimum Gasteiger partial charge on any atom is -0.384 e. The molecule has 0 saturated heterocycles. The maximum absolute atomic E-state index is 6.15. The summed E-state index contributed by atoms with van der Waals surface area (Å²) >= 11 is 6.15. The number of aromatic nitrogens is 1. The first-order chi connectivity index (χ1) is 13.6. The fraction of sp³-hybridized carbons (Fsp3) is 0.625. The van der Waals surface area contributed by atoms with Crippen molar-refractivity contribution in [3.05, 3.63) is 35.0 Å². The molecule has 0 unspecified atom stereocenters. The predicted molar refractivity (Wildman–Crippen MR) is 118 cm³/mol. The van der Waals surface area contributed by atoms with Crippen molar-refractivity contribution >= 4 is 28.2 Å². The molecule has 1 aromatic heterocycles. The molecule has 1 heterocycles. The topological polar surface area (TPSA) is 37.0 Å². The molecule has 4 saturated carbocycles. The van der Waals surface area contributed by atoms with Crippen LogP contribution < -0.4 is 10.6 Å². The quantitative estimate of drug-likeness (QED) is 0.578. The summed E-state index contributed by atoms with van der Waals surface area (Å²) in [6.45, 7) is 4.31. The van der Waals surface area contributed by atoms with Crippen LogP contribution in [0.2, 0.25) is 5.02 Å². The van der Waals surface area contributed by atoms with E-state index in [4.69, 9.17) is 11.6 Å². The standard InChI is InChI=1S/C24H32ClN3/c1-2-19-15-27-22-11-20(25)4-5-21(22)23(19)26-6-3-7-28-24-12-16-8-17(13-24)10-18(9-16)14-24/h4-5,11,15-18,28H,2-3,6-10,12-14H2,1H3,(H,26,27). The molecule has 28 heavy (non-hydrogen) atoms. The third kappa shape index (κ3) is 3.52. The molecule has 150 valence electrons. The number of nitrogens with one attached hydrogen (secondary N) is 2. The van der Waals surface area contributed by atoms with Crippen LogP contribution in [0.25, 0.3) is 10.9 Å². The number of halogens is 1. The fourth-order valence-corrected chi connectivity index (χ4v) is 6.83. The van der Waals surface area contributed by atoms with Gasteiger partial charge < -0.3 is 10.6 Å². The monoisotopic (exact) mass is 397 g/mol. The summed E-state index contributed by atoms with van der Waals surface area (Å²) in [5.41, 5.74) is 3.96. The first kappa shape index (κ1) is 18.7. The highest BCUT2D eigenvalue weighted by Crippen LogP contribution is 2.55. The van der Waals surface area contributed by atoms with Crippen molar-refractivity contribution in [2.75, 3.05) is 18.4 Å². The molecule has 0 spiro atoms. The zero-order valence-corrected chi connectivity index (χ0v) is 17.7. The van der Waals surface area contributed by atoms with Gasteiger partial charge in [0.25, 0.3) is 0 Å². The van der Waals surface area contributed by atoms with E-state index in [-0.39, 0.29) is 0 Å². The van der Waals surface area contributed by atoms with E-state index < -0.39 is 0 Å². The molecular weight excluding hydrogens is 366 g/mol. The number of aryl methyl sites for hydroxylation is 1. The Kier molecular flexibility index (Phi) is 5.00. The van der Waals surface area contributed by atoms with E-state index in [1.54, 1.807) is 0 Å². The van der Waals surface area contributed by atoms with Gasteiger partial charge in [-0.1, -0.05) is 18.5 Å². The van der Waals surface area contributed by atoms with Crippen molar-refractivity contribution in [3.63, 3.8) is 0 Å². The van der Waals surface area contributed by atoms with Crippen LogP contribution in [0, 0.1) is 17.8 Å². The lowest BCUT2D eigenvalue weighted by Crippen LogP contribution is -2.58. The van der Waals surface area contributed by atoms with Crippen molar-refractivity contribution < 1.29 is 0 Å². The second-order valence-electron chi connectivity index (χ2n) is 9.58. The molecule has 2 N–H and O–H groups in total. The van der Waals surface area contributed by atoms with Crippen LogP contribution in [0.5, 0.6) is 0 Å². The van der Waals surface area contributed by atoms with Crippen LogP contribution in [-0.2, 0) is 6.42 Å². The summed E-state index contributed by atoms with van der Waals surface area (Å²) in [6.07, 6.45) is 13.0. The number of anilines is 1. The molecule has 0 amide bonds. The molecule has 4 aliphatic carbocycles. The summed E-state index contributed by atoms with van der Waals surface area (Å²) in [5, 5.41) is 9.65. The summed E-state index contributed by atoms with van der Waals surface area (Å²) in [7, 11) is 0. The van der Waals surface area contributed by atoms with Gasteiger partial charge >= 0.3 is 0 Å². The molecule has 0 radical (unpaired) electrons. The highest BCUT2D eigenvalue weighted by Gasteiger charge is 2.50. The van der Waals surface area contributed by atoms with E-state index in [0.29, 0.717) is 5.54 Å². The van der Waals surface area contributed by atoms with Gasteiger partial charge in [-0.25, -0.2) is 0 Å². The van der Waals surface area contributed by atoms with E-state index in [1.807, 2.05) is 18.3 Å². The van der Waals surface area contributed by atoms with Crippen LogP contribution >= 0.6 is 11.6 Å². The van der Waals surface area contributed by atoms with Crippen molar-refractivity contribution in [2.24, 2.45) is 17.8 Å². The molecule has 2 aromatic rings. The molecule has 4 bridgehead atoms. The zero-order valence-electron chi connectivity index (χ0n) is 16.9. The lowest BCUT2D eigenvalue weighted by Gasteiger charge is -2.57. The molecule has 3 nitrogen and oxygen atoms in total. The lowest BCUT2D eigenvalue weighted by atomic mass is 9.53. The highest BCUT2D eigenvalue weighted by molar-refractivity contribution is 6.31. The molecule has 4 heteroatoms. The Morgan fingerprint density at radius 3 is 2.46 bits per heavy atom. The second kappa shape index (κ2) is 7.50. The minimum atomic E-state index is 0.476. The number of rotatable bonds is 7. The number of hydrogen-bond donors (Lipinski definition) is 2. The van der Waals surface area contributed by atoms with Crippen LogP contribution in [0.3, 0.4) is 0 Å². The highest BCUT2D eigenvalue weighted by atomic mass is 35.5. The summed E-state index contributed by atoms with van der Waals surface area (Å²) < 4.78 is 0. The van der Waals surface area contributed by atoms with Gasteiger partial charge in [-0.15, -0.1) is 0 Å². The summed E-state index contributed by atoms with van der Waals surface area (Å²) in [6, 6.07) is 6.01. The average molecular weight is 398 g/mol. The summed E-state index contributed by atoms with van der Waals surface area (Å²) in [4.78, 5) is 4.59. The third-order valence-corrected chi connectivity index (χ3v) is 7.72. The van der Waals surface area contributed by atoms with Gasteiger partial charge in [-0.2, -0.15) is 0 Å². The lowest BCUT2D eigenvalue weighted by molar-refractivity contribution is -0.0194. The minimum absolute atomic E-state index is 0.476. The molecule has 4 aliphatic rings. The van der Waals surface area contributed by atoms with Crippen molar-refractivity contribution in [1.29, 1.82) is 0 Å². The Morgan fingerprint density at radius 2 is 1.79 bits per heavy atom. The number of fused-ring (bicyclic) bond motifs is 1. The summed E-state index contributed by atoms with van der Waals surface area (Å²) in [5.74, 6) is 3.04. The maximum atomic E-state index is 6.15. The Morgan fingerprint density at radius 1 is 1.07 bits per heavy atom. The van der Waals surface area contributed by atoms with Crippen LogP contribution in [0.1, 0.15) is 57.4 Å². The zero-order chi connectivity index (χ0) is 19.1. The first-order valence-electron chi connectivity index (χ1n) is 11.2. The van der Waals surface area contributed by atoms with Crippen molar-refractivity contribution in [1.82, 2.24) is 10.3 Å². The van der Waals surface area contributed by atoms with Gasteiger partial charge in [0.05, 0.1) is 5.52 Å². The first-order valence-corrected chi connectivity index (χ1v) is 11.6. The van der Waals surface area contributed by atoms with Crippen LogP contribution in [0.4, 0.5) is 5.69 Å². The predicted octanol–water partition coefficient (Wildman–Crippen LogP) is 5.81. The van der Waals surface area contributed by atoms with Gasteiger partial charge in [0, 0.05) is 34.4 Å². The van der Waals surface area contributed by atoms with Gasteiger partial charge in [0.1, 0.15) is 0 Å². The SMILES string of the molecule is CCc1cnc2cc(Cl)ccc2c1NCCCNC12CC3CC(CC(C3)C1)C2. The number of nitrogens with zero attached hydrogens (tertiary/aromatic N) is 1. The number of benzene rings is 1. The number of hydrogen-bond acceptors (Lipinski definition) is 3. The van der Waals surface area contributed by atoms with E-state index in [2.05, 4.69) is 28.6 Å². The number of pyridine rings is 1. The average Bonchev–Trinajstić information content (AvgIpc) is 2.66. The molecule has 4 fully saturated rings. The third-order valence-electron chi connectivity index (χ3n) is 7.48. The Hall–Kier alpha value is -1.32. The van der Waals surface area contributed by atoms with Gasteiger partial charge in [0.2, 0.25) is 0 Å². The largest absolute Gasteiger partial charge is 0.384 e. The van der Waals surface area contributed by atoms with Crippen molar-refractivity contribution in [2.45, 2.75) is 63.8 Å². The molecular formula is C24H32ClN3. The van der Waals surface area contributed by atoms with E-state index >= 15 is 0 Å².